The van der Waals surface area contributed by atoms with E-state index in [4.69, 9.17) is 5.73 Å². The number of nitrogens with two attached hydrogens (primary N) is 1. The van der Waals surface area contributed by atoms with E-state index in [1.807, 2.05) is 51.1 Å². The van der Waals surface area contributed by atoms with E-state index in [-0.39, 0.29) is 62.4 Å². The molecule has 8 amide bonds. The van der Waals surface area contributed by atoms with Crippen molar-refractivity contribution in [2.45, 2.75) is 130 Å². The maximum atomic E-state index is 15.4. The highest BCUT2D eigenvalue weighted by Gasteiger charge is 2.39. The van der Waals surface area contributed by atoms with E-state index in [2.05, 4.69) is 42.2 Å². The number of aliphatic hydroxyl groups excluding tert-OH is 1. The van der Waals surface area contributed by atoms with E-state index in [9.17, 15) is 52.6 Å². The molecule has 2 heterocycles. The number of hydrogen-bond donors (Lipinski definition) is 9. The molecule has 4 aromatic rings. The van der Waals surface area contributed by atoms with E-state index < -0.39 is 113 Å². The predicted octanol–water partition coefficient (Wildman–Crippen LogP) is 2.84. The van der Waals surface area contributed by atoms with Crippen LogP contribution in [0.1, 0.15) is 109 Å². The average molecular weight is 1110 g/mol. The number of Topliss-reactive ketones (excluding diaryl/α,β-unsaturated/α-hetero) is 1. The Kier molecular flexibility index (Phi) is 25.5. The van der Waals surface area contributed by atoms with Gasteiger partial charge in [0.1, 0.15) is 36.5 Å². The first-order valence-corrected chi connectivity index (χ1v) is 26.6. The summed E-state index contributed by atoms with van der Waals surface area (Å²) in [6.45, 7) is 8.92. The first-order valence-electron chi connectivity index (χ1n) is 26.6. The van der Waals surface area contributed by atoms with Gasteiger partial charge >= 0.3 is 0 Å². The number of primary amides is 1. The Hall–Kier alpha value is -7.92. The molecule has 6 atom stereocenters. The Morgan fingerprint density at radius 3 is 2.09 bits per heavy atom. The number of halogens is 2. The zero-order valence-corrected chi connectivity index (χ0v) is 46.5. The number of aliphatic hydroxyl groups is 1. The molecule has 0 fully saturated rings. The highest BCUT2D eigenvalue weighted by Crippen LogP contribution is 2.41. The SMILES string of the molecule is CNCCCC[C@H](NC(C)=O)NC(=O)CCNC(=O)[C@H](CCN(C(=O)CO)[C@@H](c1cc(-c2cc(F)ccc2F)cn1Cc1ccccc1)C(C)(C)C)NC(=O)[C@H](CC(N)=O)NC(=O)[C@H](C)CC(=O)[C@H](C)NC(=O)Cc1ccncc1. The minimum atomic E-state index is -1.70. The third-order valence-electron chi connectivity index (χ3n) is 13.0. The number of ketones is 1. The molecule has 0 spiro atoms. The zero-order chi connectivity index (χ0) is 59.1. The van der Waals surface area contributed by atoms with Crippen molar-refractivity contribution in [3.8, 4) is 11.1 Å². The summed E-state index contributed by atoms with van der Waals surface area (Å²) in [5, 5.41) is 29.3. The minimum Gasteiger partial charge on any atom is -0.387 e. The molecular weight excluding hydrogens is 1040 g/mol. The molecule has 10 N–H and O–H groups in total. The van der Waals surface area contributed by atoms with Crippen LogP contribution in [0.2, 0.25) is 0 Å². The van der Waals surface area contributed by atoms with Crippen molar-refractivity contribution in [2.24, 2.45) is 17.1 Å². The van der Waals surface area contributed by atoms with Gasteiger partial charge in [0.05, 0.1) is 24.9 Å². The second-order valence-electron chi connectivity index (χ2n) is 20.8. The van der Waals surface area contributed by atoms with Gasteiger partial charge < -0.3 is 57.5 Å². The summed E-state index contributed by atoms with van der Waals surface area (Å²) in [6, 6.07) is 11.9. The Bertz CT molecular complexity index is 2760. The lowest BCUT2D eigenvalue weighted by Crippen LogP contribution is -2.56. The average Bonchev–Trinajstić information content (AvgIpc) is 3.79. The van der Waals surface area contributed by atoms with Crippen molar-refractivity contribution in [3.63, 3.8) is 0 Å². The summed E-state index contributed by atoms with van der Waals surface area (Å²) in [4.78, 5) is 125. The summed E-state index contributed by atoms with van der Waals surface area (Å²) in [6.07, 6.45) is 4.02. The second-order valence-corrected chi connectivity index (χ2v) is 20.8. The monoisotopic (exact) mass is 1110 g/mol. The maximum absolute atomic E-state index is 15.4. The van der Waals surface area contributed by atoms with Crippen molar-refractivity contribution in [2.75, 3.05) is 33.3 Å². The fourth-order valence-corrected chi connectivity index (χ4v) is 9.03. The lowest BCUT2D eigenvalue weighted by Gasteiger charge is -2.41. The van der Waals surface area contributed by atoms with E-state index in [0.717, 1.165) is 36.7 Å². The van der Waals surface area contributed by atoms with Gasteiger partial charge in [0.2, 0.25) is 47.3 Å². The molecular formula is C57H77F2N11O10. The second kappa shape index (κ2) is 31.6. The third-order valence-corrected chi connectivity index (χ3v) is 13.0. The fraction of sp³-hybridized carbons (Fsp3) is 0.474. The summed E-state index contributed by atoms with van der Waals surface area (Å²) in [7, 11) is 1.80. The first-order chi connectivity index (χ1) is 37.9. The summed E-state index contributed by atoms with van der Waals surface area (Å²) in [5.74, 6) is -8.93. The van der Waals surface area contributed by atoms with Crippen molar-refractivity contribution in [1.82, 2.24) is 51.7 Å². The van der Waals surface area contributed by atoms with Crippen molar-refractivity contribution in [3.05, 3.63) is 114 Å². The highest BCUT2D eigenvalue weighted by molar-refractivity contribution is 5.97. The number of aromatic nitrogens is 2. The van der Waals surface area contributed by atoms with Gasteiger partial charge in [-0.2, -0.15) is 0 Å². The van der Waals surface area contributed by atoms with Crippen LogP contribution in [0.3, 0.4) is 0 Å². The Morgan fingerprint density at radius 2 is 1.45 bits per heavy atom. The van der Waals surface area contributed by atoms with Crippen molar-refractivity contribution in [1.29, 1.82) is 0 Å². The van der Waals surface area contributed by atoms with E-state index >= 15 is 4.39 Å². The van der Waals surface area contributed by atoms with Gasteiger partial charge in [-0.1, -0.05) is 58.0 Å². The Labute approximate surface area is 465 Å². The van der Waals surface area contributed by atoms with Crippen LogP contribution in [0.5, 0.6) is 0 Å². The molecule has 4 rings (SSSR count). The van der Waals surface area contributed by atoms with Crippen LogP contribution < -0.4 is 43.0 Å². The quantitative estimate of drug-likeness (QED) is 0.0252. The lowest BCUT2D eigenvalue weighted by atomic mass is 9.82. The molecule has 0 bridgehead atoms. The fourth-order valence-electron chi connectivity index (χ4n) is 9.03. The largest absolute Gasteiger partial charge is 0.387 e. The van der Waals surface area contributed by atoms with Crippen LogP contribution in [-0.4, -0.2) is 130 Å². The number of carbonyl (C=O) groups is 9. The molecule has 0 radical (unpaired) electrons. The van der Waals surface area contributed by atoms with E-state index in [0.29, 0.717) is 24.1 Å². The normalized spacial score (nSPS) is 13.5. The van der Waals surface area contributed by atoms with E-state index in [1.165, 1.54) is 38.1 Å². The predicted molar refractivity (Wildman–Crippen MR) is 294 cm³/mol. The molecule has 0 saturated heterocycles. The van der Waals surface area contributed by atoms with Gasteiger partial charge in [-0.05, 0) is 99.1 Å². The summed E-state index contributed by atoms with van der Waals surface area (Å²) in [5.41, 5.74) is 6.83. The topological polar surface area (TPSA) is 305 Å². The zero-order valence-electron chi connectivity index (χ0n) is 46.5. The molecule has 434 valence electrons. The molecule has 0 aliphatic heterocycles. The Morgan fingerprint density at radius 1 is 0.762 bits per heavy atom. The van der Waals surface area contributed by atoms with Gasteiger partial charge in [-0.15, -0.1) is 0 Å². The van der Waals surface area contributed by atoms with Crippen LogP contribution in [0.15, 0.2) is 85.3 Å². The first kappa shape index (κ1) is 64.6. The van der Waals surface area contributed by atoms with Crippen LogP contribution in [-0.2, 0) is 56.1 Å². The van der Waals surface area contributed by atoms with Crippen LogP contribution in [0.4, 0.5) is 8.78 Å². The van der Waals surface area contributed by atoms with Crippen LogP contribution >= 0.6 is 0 Å². The number of nitrogens with one attached hydrogen (secondary N) is 7. The molecule has 2 aromatic carbocycles. The smallest absolute Gasteiger partial charge is 0.248 e. The standard InChI is InChI=1S/C57H77F2N11O10/c1-35(27-47(73)36(2)64-51(76)28-38-18-23-62-24-19-38)54(78)67-45(31-48(60)74)56(80)66-44(55(79)63-25-20-50(75)68-49(65-37(3)72)15-11-12-22-61-7)21-26-70(52(77)34-71)53(57(4,5)6)46-29-40(42-30-41(58)16-17-43(42)59)33-69(46)32-39-13-9-8-10-14-39/h8-10,13-14,16-19,23-24,29-30,33,35-36,44-45,49,53,61,71H,11-12,15,20-22,25-28,31-32,34H2,1-7H3,(H2,60,74)(H,63,79)(H,64,76)(H,65,72)(H,66,80)(H,67,78)(H,68,75)/t35-,36+,44+,45+,49-,53+/m1/s1. The molecule has 21 nitrogen and oxygen atoms in total. The lowest BCUT2D eigenvalue weighted by molar-refractivity contribution is -0.140. The van der Waals surface area contributed by atoms with Crippen molar-refractivity contribution < 1.29 is 57.0 Å². The number of hydrogen-bond acceptors (Lipinski definition) is 12. The van der Waals surface area contributed by atoms with Gasteiger partial charge in [-0.25, -0.2) is 8.78 Å². The number of pyridine rings is 1. The van der Waals surface area contributed by atoms with Crippen molar-refractivity contribution >= 4 is 53.0 Å². The van der Waals surface area contributed by atoms with Gasteiger partial charge in [0.25, 0.3) is 0 Å². The highest BCUT2D eigenvalue weighted by atomic mass is 19.1. The molecule has 23 heteroatoms. The minimum absolute atomic E-state index is 0.0243. The molecule has 0 aliphatic carbocycles. The van der Waals surface area contributed by atoms with Crippen LogP contribution in [0.25, 0.3) is 11.1 Å². The number of nitrogens with zero attached hydrogens (tertiary/aromatic N) is 3. The number of amides is 8. The molecule has 0 saturated carbocycles. The molecule has 80 heavy (non-hydrogen) atoms. The number of rotatable bonds is 32. The maximum Gasteiger partial charge on any atom is 0.248 e. The van der Waals surface area contributed by atoms with Crippen LogP contribution in [0, 0.1) is 23.0 Å². The van der Waals surface area contributed by atoms with Gasteiger partial charge in [0.15, 0.2) is 5.78 Å². The number of benzene rings is 2. The third kappa shape index (κ3) is 21.0. The number of unbranched alkanes of at least 4 members (excludes halogenated alkanes) is 1. The van der Waals surface area contributed by atoms with E-state index in [1.54, 1.807) is 36.0 Å². The Balaban J connectivity index is 1.66. The molecule has 0 aliphatic rings. The van der Waals surface area contributed by atoms with Gasteiger partial charge in [0, 0.05) is 80.7 Å². The summed E-state index contributed by atoms with van der Waals surface area (Å²) < 4.78 is 31.9. The molecule has 2 aromatic heterocycles. The molecule has 0 unspecified atom stereocenters. The summed E-state index contributed by atoms with van der Waals surface area (Å²) >= 11 is 0. The van der Waals surface area contributed by atoms with Gasteiger partial charge in [-0.3, -0.25) is 48.1 Å². The number of carbonyl (C=O) groups excluding carboxylic acids is 9.